The number of likely N-dealkylation sites (tertiary alicyclic amines) is 1. The number of nitrogens with one attached hydrogen (secondary N) is 1. The molecule has 2 aromatic heterocycles. The van der Waals surface area contributed by atoms with E-state index in [4.69, 9.17) is 0 Å². The Labute approximate surface area is 169 Å². The number of carbonyl (C=O) groups excluding carboxylic acids is 2. The molecule has 0 atom stereocenters. The Bertz CT molecular complexity index is 1010. The van der Waals surface area contributed by atoms with Gasteiger partial charge in [0.1, 0.15) is 12.4 Å². The van der Waals surface area contributed by atoms with Crippen molar-refractivity contribution in [3.63, 3.8) is 0 Å². The number of nitrogens with zero attached hydrogens (tertiary/aromatic N) is 4. The van der Waals surface area contributed by atoms with Crippen molar-refractivity contribution in [2.45, 2.75) is 38.8 Å². The lowest BCUT2D eigenvalue weighted by Gasteiger charge is -2.32. The summed E-state index contributed by atoms with van der Waals surface area (Å²) in [5, 5.41) is 3.05. The van der Waals surface area contributed by atoms with Crippen LogP contribution in [-0.2, 0) is 17.8 Å². The molecule has 3 heterocycles. The minimum Gasteiger partial charge on any atom is -0.349 e. The summed E-state index contributed by atoms with van der Waals surface area (Å²) in [6.45, 7) is 3.64. The van der Waals surface area contributed by atoms with Crippen molar-refractivity contribution in [3.8, 4) is 0 Å². The maximum absolute atomic E-state index is 12.9. The number of benzene rings is 1. The number of carbonyl (C=O) groups is 2. The third-order valence-electron chi connectivity index (χ3n) is 5.45. The summed E-state index contributed by atoms with van der Waals surface area (Å²) in [5.74, 6) is 0.915. The van der Waals surface area contributed by atoms with E-state index in [1.165, 1.54) is 0 Å². The Morgan fingerprint density at radius 2 is 1.93 bits per heavy atom. The molecule has 1 aromatic carbocycles. The van der Waals surface area contributed by atoms with Gasteiger partial charge >= 0.3 is 0 Å². The molecule has 0 spiro atoms. The average Bonchev–Trinajstić information content (AvgIpc) is 3.12. The first-order chi connectivity index (χ1) is 14.2. The Morgan fingerprint density at radius 1 is 1.14 bits per heavy atom. The van der Waals surface area contributed by atoms with Crippen molar-refractivity contribution in [1.82, 2.24) is 24.8 Å². The third kappa shape index (κ3) is 4.13. The number of hydrogen-bond acceptors (Lipinski definition) is 4. The first-order valence-electron chi connectivity index (χ1n) is 10.1. The summed E-state index contributed by atoms with van der Waals surface area (Å²) in [6.07, 6.45) is 5.50. The van der Waals surface area contributed by atoms with Crippen LogP contribution in [0.25, 0.3) is 11.0 Å². The SMILES string of the molecule is CCc1nc2ccccc2n1CC(=O)N1CCC(NC(=O)c2cccnc2)CC1. The van der Waals surface area contributed by atoms with Crippen molar-refractivity contribution in [2.75, 3.05) is 13.1 Å². The zero-order valence-electron chi connectivity index (χ0n) is 16.5. The predicted molar refractivity (Wildman–Crippen MR) is 110 cm³/mol. The molecule has 1 N–H and O–H groups in total. The number of rotatable bonds is 5. The number of amides is 2. The lowest BCUT2D eigenvalue weighted by atomic mass is 10.0. The second kappa shape index (κ2) is 8.43. The number of fused-ring (bicyclic) bond motifs is 1. The van der Waals surface area contributed by atoms with E-state index in [1.54, 1.807) is 24.5 Å². The standard InChI is InChI=1S/C22H25N5O2/c1-2-20-25-18-7-3-4-8-19(18)27(20)15-21(28)26-12-9-17(10-13-26)24-22(29)16-6-5-11-23-14-16/h3-8,11,14,17H,2,9-10,12-13,15H2,1H3,(H,24,29). The lowest BCUT2D eigenvalue weighted by molar-refractivity contribution is -0.132. The van der Waals surface area contributed by atoms with Gasteiger partial charge in [-0.05, 0) is 37.1 Å². The number of para-hydroxylation sites is 2. The smallest absolute Gasteiger partial charge is 0.253 e. The summed E-state index contributed by atoms with van der Waals surface area (Å²) in [5.41, 5.74) is 2.48. The van der Waals surface area contributed by atoms with Crippen LogP contribution in [0, 0.1) is 0 Å². The molecule has 1 aliphatic heterocycles. The Balaban J connectivity index is 1.36. The molecule has 29 heavy (non-hydrogen) atoms. The van der Waals surface area contributed by atoms with E-state index < -0.39 is 0 Å². The molecular weight excluding hydrogens is 366 g/mol. The molecule has 3 aromatic rings. The van der Waals surface area contributed by atoms with Crippen LogP contribution >= 0.6 is 0 Å². The van der Waals surface area contributed by atoms with Crippen LogP contribution < -0.4 is 5.32 Å². The molecule has 0 bridgehead atoms. The van der Waals surface area contributed by atoms with E-state index in [-0.39, 0.29) is 17.9 Å². The molecule has 2 amide bonds. The van der Waals surface area contributed by atoms with Crippen LogP contribution in [0.3, 0.4) is 0 Å². The van der Waals surface area contributed by atoms with Gasteiger partial charge in [-0.2, -0.15) is 0 Å². The minimum atomic E-state index is -0.111. The van der Waals surface area contributed by atoms with Crippen LogP contribution in [0.5, 0.6) is 0 Å². The Hall–Kier alpha value is -3.22. The normalized spacial score (nSPS) is 14.9. The lowest BCUT2D eigenvalue weighted by Crippen LogP contribution is -2.47. The zero-order valence-corrected chi connectivity index (χ0v) is 16.5. The summed E-state index contributed by atoms with van der Waals surface area (Å²) < 4.78 is 2.02. The summed E-state index contributed by atoms with van der Waals surface area (Å²) in [7, 11) is 0. The number of piperidine rings is 1. The molecule has 0 saturated carbocycles. The number of aromatic nitrogens is 3. The summed E-state index contributed by atoms with van der Waals surface area (Å²) >= 11 is 0. The molecular formula is C22H25N5O2. The molecule has 0 aliphatic carbocycles. The Morgan fingerprint density at radius 3 is 2.66 bits per heavy atom. The van der Waals surface area contributed by atoms with Gasteiger partial charge in [0.05, 0.1) is 16.6 Å². The van der Waals surface area contributed by atoms with Gasteiger partial charge in [0, 0.05) is 37.9 Å². The van der Waals surface area contributed by atoms with Crippen molar-refractivity contribution < 1.29 is 9.59 Å². The van der Waals surface area contributed by atoms with Crippen molar-refractivity contribution in [2.24, 2.45) is 0 Å². The predicted octanol–water partition coefficient (Wildman–Crippen LogP) is 2.41. The van der Waals surface area contributed by atoms with Gasteiger partial charge in [0.2, 0.25) is 5.91 Å². The van der Waals surface area contributed by atoms with Crippen LogP contribution in [0.15, 0.2) is 48.8 Å². The minimum absolute atomic E-state index is 0.0760. The first kappa shape index (κ1) is 19.1. The van der Waals surface area contributed by atoms with E-state index in [9.17, 15) is 9.59 Å². The fraction of sp³-hybridized carbons (Fsp3) is 0.364. The third-order valence-corrected chi connectivity index (χ3v) is 5.45. The van der Waals surface area contributed by atoms with Crippen molar-refractivity contribution in [3.05, 3.63) is 60.2 Å². The fourth-order valence-electron chi connectivity index (χ4n) is 3.85. The van der Waals surface area contributed by atoms with Crippen molar-refractivity contribution >= 4 is 22.8 Å². The Kier molecular flexibility index (Phi) is 5.55. The fourth-order valence-corrected chi connectivity index (χ4v) is 3.85. The molecule has 1 fully saturated rings. The molecule has 1 saturated heterocycles. The number of pyridine rings is 1. The molecule has 7 nitrogen and oxygen atoms in total. The number of hydrogen-bond donors (Lipinski definition) is 1. The highest BCUT2D eigenvalue weighted by molar-refractivity contribution is 5.94. The largest absolute Gasteiger partial charge is 0.349 e. The van der Waals surface area contributed by atoms with Crippen LogP contribution in [0.2, 0.25) is 0 Å². The van der Waals surface area contributed by atoms with E-state index in [1.807, 2.05) is 33.7 Å². The van der Waals surface area contributed by atoms with Gasteiger partial charge in [-0.1, -0.05) is 19.1 Å². The van der Waals surface area contributed by atoms with Gasteiger partial charge < -0.3 is 14.8 Å². The maximum atomic E-state index is 12.9. The van der Waals surface area contributed by atoms with Gasteiger partial charge in [-0.15, -0.1) is 0 Å². The monoisotopic (exact) mass is 391 g/mol. The van der Waals surface area contributed by atoms with Crippen LogP contribution in [0.4, 0.5) is 0 Å². The first-order valence-corrected chi connectivity index (χ1v) is 10.1. The highest BCUT2D eigenvalue weighted by atomic mass is 16.2. The van der Waals surface area contributed by atoms with Gasteiger partial charge in [0.15, 0.2) is 0 Å². The highest BCUT2D eigenvalue weighted by Gasteiger charge is 2.25. The average molecular weight is 391 g/mol. The quantitative estimate of drug-likeness (QED) is 0.724. The molecule has 0 radical (unpaired) electrons. The van der Waals surface area contributed by atoms with E-state index in [2.05, 4.69) is 22.2 Å². The molecule has 4 rings (SSSR count). The van der Waals surface area contributed by atoms with Crippen molar-refractivity contribution in [1.29, 1.82) is 0 Å². The molecule has 7 heteroatoms. The van der Waals surface area contributed by atoms with E-state index in [0.717, 1.165) is 36.1 Å². The second-order valence-corrected chi connectivity index (χ2v) is 7.33. The summed E-state index contributed by atoms with van der Waals surface area (Å²) in [6, 6.07) is 11.5. The van der Waals surface area contributed by atoms with E-state index >= 15 is 0 Å². The zero-order chi connectivity index (χ0) is 20.2. The number of imidazole rings is 1. The van der Waals surface area contributed by atoms with Gasteiger partial charge in [0.25, 0.3) is 5.91 Å². The van der Waals surface area contributed by atoms with Gasteiger partial charge in [-0.25, -0.2) is 4.98 Å². The molecule has 1 aliphatic rings. The molecule has 0 unspecified atom stereocenters. The van der Waals surface area contributed by atoms with Crippen LogP contribution in [-0.4, -0.2) is 50.4 Å². The van der Waals surface area contributed by atoms with Gasteiger partial charge in [-0.3, -0.25) is 14.6 Å². The highest BCUT2D eigenvalue weighted by Crippen LogP contribution is 2.18. The molecule has 150 valence electrons. The summed E-state index contributed by atoms with van der Waals surface area (Å²) in [4.78, 5) is 35.7. The second-order valence-electron chi connectivity index (χ2n) is 7.33. The number of aryl methyl sites for hydroxylation is 1. The topological polar surface area (TPSA) is 80.1 Å². The maximum Gasteiger partial charge on any atom is 0.253 e. The van der Waals surface area contributed by atoms with Crippen LogP contribution in [0.1, 0.15) is 35.9 Å². The van der Waals surface area contributed by atoms with E-state index in [0.29, 0.717) is 25.2 Å².